The molecule has 0 unspecified atom stereocenters. The van der Waals surface area contributed by atoms with E-state index in [0.29, 0.717) is 6.54 Å². The maximum absolute atomic E-state index is 13.4. The molecular formula is C17H17FN2S. The number of aryl methyl sites for hydroxylation is 1. The number of benzene rings is 2. The van der Waals surface area contributed by atoms with Crippen molar-refractivity contribution in [1.29, 1.82) is 0 Å². The summed E-state index contributed by atoms with van der Waals surface area (Å²) in [6.45, 7) is 2.77. The van der Waals surface area contributed by atoms with E-state index in [0.717, 1.165) is 21.0 Å². The molecule has 4 heteroatoms. The van der Waals surface area contributed by atoms with Crippen molar-refractivity contribution in [2.24, 2.45) is 0 Å². The fraction of sp³-hybridized carbons (Fsp3) is 0.176. The van der Waals surface area contributed by atoms with Crippen molar-refractivity contribution in [3.63, 3.8) is 0 Å². The number of hydrogen-bond donors (Lipinski definition) is 2. The first-order chi connectivity index (χ1) is 10.2. The highest BCUT2D eigenvalue weighted by Gasteiger charge is 2.11. The number of H-pyrrole nitrogens is 1. The molecule has 0 aliphatic rings. The molecule has 3 aromatic rings. The summed E-state index contributed by atoms with van der Waals surface area (Å²) in [4.78, 5) is 4.51. The molecule has 0 fully saturated rings. The van der Waals surface area contributed by atoms with Crippen LogP contribution in [0, 0.1) is 12.7 Å². The van der Waals surface area contributed by atoms with Crippen molar-refractivity contribution in [2.45, 2.75) is 23.4 Å². The Balaban J connectivity index is 2.00. The summed E-state index contributed by atoms with van der Waals surface area (Å²) in [5, 5.41) is 5.43. The number of halogens is 1. The molecule has 0 atom stereocenters. The summed E-state index contributed by atoms with van der Waals surface area (Å²) in [5.74, 6) is -0.196. The van der Waals surface area contributed by atoms with Crippen LogP contribution >= 0.6 is 11.8 Å². The molecule has 0 amide bonds. The lowest BCUT2D eigenvalue weighted by molar-refractivity contribution is 0.621. The zero-order chi connectivity index (χ0) is 14.8. The van der Waals surface area contributed by atoms with Crippen molar-refractivity contribution >= 4 is 22.7 Å². The van der Waals surface area contributed by atoms with E-state index in [1.807, 2.05) is 25.2 Å². The quantitative estimate of drug-likeness (QED) is 0.743. The molecule has 108 valence electrons. The van der Waals surface area contributed by atoms with Crippen LogP contribution in [-0.4, -0.2) is 12.0 Å². The van der Waals surface area contributed by atoms with Crippen LogP contribution in [0.4, 0.5) is 4.39 Å². The number of hydrogen-bond acceptors (Lipinski definition) is 2. The van der Waals surface area contributed by atoms with E-state index in [9.17, 15) is 4.39 Å². The molecular weight excluding hydrogens is 283 g/mol. The van der Waals surface area contributed by atoms with Crippen LogP contribution in [-0.2, 0) is 6.54 Å². The van der Waals surface area contributed by atoms with Crippen LogP contribution in [0.15, 0.2) is 52.4 Å². The highest BCUT2D eigenvalue weighted by molar-refractivity contribution is 7.99. The van der Waals surface area contributed by atoms with Crippen molar-refractivity contribution in [3.05, 3.63) is 59.4 Å². The molecule has 21 heavy (non-hydrogen) atoms. The topological polar surface area (TPSA) is 27.8 Å². The average Bonchev–Trinajstić information content (AvgIpc) is 2.79. The first-order valence-corrected chi connectivity index (χ1v) is 7.69. The van der Waals surface area contributed by atoms with Crippen molar-refractivity contribution in [3.8, 4) is 0 Å². The number of aromatic nitrogens is 1. The maximum Gasteiger partial charge on any atom is 0.123 e. The highest BCUT2D eigenvalue weighted by Crippen LogP contribution is 2.35. The molecule has 1 aromatic heterocycles. The van der Waals surface area contributed by atoms with Gasteiger partial charge in [0.15, 0.2) is 0 Å². The summed E-state index contributed by atoms with van der Waals surface area (Å²) in [5.41, 5.74) is 3.34. The lowest BCUT2D eigenvalue weighted by Gasteiger charge is -2.08. The molecule has 0 spiro atoms. The van der Waals surface area contributed by atoms with Gasteiger partial charge in [-0.15, -0.1) is 0 Å². The normalized spacial score (nSPS) is 11.2. The van der Waals surface area contributed by atoms with Crippen molar-refractivity contribution < 1.29 is 4.39 Å². The second-order valence-electron chi connectivity index (χ2n) is 5.01. The van der Waals surface area contributed by atoms with Gasteiger partial charge in [-0.25, -0.2) is 4.39 Å². The minimum absolute atomic E-state index is 0.196. The Morgan fingerprint density at radius 3 is 2.76 bits per heavy atom. The molecule has 3 rings (SSSR count). The molecule has 0 saturated carbocycles. The fourth-order valence-corrected chi connectivity index (χ4v) is 3.49. The zero-order valence-electron chi connectivity index (χ0n) is 12.0. The molecule has 2 nitrogen and oxygen atoms in total. The lowest BCUT2D eigenvalue weighted by atomic mass is 10.2. The summed E-state index contributed by atoms with van der Waals surface area (Å²) in [6.07, 6.45) is 0. The third kappa shape index (κ3) is 2.82. The van der Waals surface area contributed by atoms with Gasteiger partial charge < -0.3 is 10.3 Å². The molecule has 1 heterocycles. The van der Waals surface area contributed by atoms with E-state index >= 15 is 0 Å². The van der Waals surface area contributed by atoms with Crippen molar-refractivity contribution in [1.82, 2.24) is 10.3 Å². The smallest absolute Gasteiger partial charge is 0.123 e. The molecule has 0 radical (unpaired) electrons. The predicted molar refractivity (Wildman–Crippen MR) is 86.3 cm³/mol. The van der Waals surface area contributed by atoms with E-state index in [4.69, 9.17) is 0 Å². The maximum atomic E-state index is 13.4. The van der Waals surface area contributed by atoms with E-state index in [-0.39, 0.29) is 5.82 Å². The second-order valence-corrected chi connectivity index (χ2v) is 6.06. The van der Waals surface area contributed by atoms with Gasteiger partial charge in [-0.3, -0.25) is 0 Å². The third-order valence-corrected chi connectivity index (χ3v) is 4.75. The molecule has 0 aliphatic carbocycles. The van der Waals surface area contributed by atoms with Gasteiger partial charge >= 0.3 is 0 Å². The summed E-state index contributed by atoms with van der Waals surface area (Å²) >= 11 is 1.65. The van der Waals surface area contributed by atoms with Crippen LogP contribution < -0.4 is 5.32 Å². The van der Waals surface area contributed by atoms with Crippen LogP contribution in [0.1, 0.15) is 11.1 Å². The Morgan fingerprint density at radius 2 is 2.00 bits per heavy atom. The van der Waals surface area contributed by atoms with Gasteiger partial charge in [-0.2, -0.15) is 0 Å². The first-order valence-electron chi connectivity index (χ1n) is 6.87. The summed E-state index contributed by atoms with van der Waals surface area (Å²) < 4.78 is 13.4. The van der Waals surface area contributed by atoms with Crippen molar-refractivity contribution in [2.75, 3.05) is 7.05 Å². The van der Waals surface area contributed by atoms with Gasteiger partial charge in [0.1, 0.15) is 5.82 Å². The number of para-hydroxylation sites is 1. The SMILES string of the molecule is CNCc1cc(F)ccc1Sc1[nH]c2ccccc2c1C. The minimum atomic E-state index is -0.196. The second kappa shape index (κ2) is 5.92. The van der Waals surface area contributed by atoms with Gasteiger partial charge in [0.2, 0.25) is 0 Å². The van der Waals surface area contributed by atoms with Gasteiger partial charge in [-0.1, -0.05) is 30.0 Å². The lowest BCUT2D eigenvalue weighted by Crippen LogP contribution is -2.06. The van der Waals surface area contributed by atoms with Crippen LogP contribution in [0.2, 0.25) is 0 Å². The standard InChI is InChI=1S/C17H17FN2S/c1-11-14-5-3-4-6-15(14)20-17(11)21-16-8-7-13(18)9-12(16)10-19-2/h3-9,19-20H,10H2,1-2H3. The fourth-order valence-electron chi connectivity index (χ4n) is 2.45. The number of nitrogens with one attached hydrogen (secondary N) is 2. The van der Waals surface area contributed by atoms with E-state index in [1.165, 1.54) is 17.0 Å². The summed E-state index contributed by atoms with van der Waals surface area (Å²) in [6, 6.07) is 13.2. The molecule has 0 bridgehead atoms. The van der Waals surface area contributed by atoms with E-state index in [2.05, 4.69) is 29.4 Å². The van der Waals surface area contributed by atoms with Crippen LogP contribution in [0.3, 0.4) is 0 Å². The van der Waals surface area contributed by atoms with Gasteiger partial charge in [0.25, 0.3) is 0 Å². The van der Waals surface area contributed by atoms with Crippen LogP contribution in [0.5, 0.6) is 0 Å². The largest absolute Gasteiger partial charge is 0.349 e. The third-order valence-electron chi connectivity index (χ3n) is 3.52. The Labute approximate surface area is 127 Å². The Morgan fingerprint density at radius 1 is 1.19 bits per heavy atom. The Bertz CT molecular complexity index is 780. The predicted octanol–water partition coefficient (Wildman–Crippen LogP) is 4.49. The first kappa shape index (κ1) is 14.2. The number of fused-ring (bicyclic) bond motifs is 1. The Kier molecular flexibility index (Phi) is 3.99. The molecule has 0 saturated heterocycles. The Hall–Kier alpha value is -1.78. The molecule has 0 aliphatic heterocycles. The highest BCUT2D eigenvalue weighted by atomic mass is 32.2. The molecule has 2 N–H and O–H groups in total. The van der Waals surface area contributed by atoms with Gasteiger partial charge in [0.05, 0.1) is 5.03 Å². The van der Waals surface area contributed by atoms with Gasteiger partial charge in [-0.05, 0) is 49.4 Å². The average molecular weight is 300 g/mol. The summed E-state index contributed by atoms with van der Waals surface area (Å²) in [7, 11) is 1.87. The zero-order valence-corrected chi connectivity index (χ0v) is 12.9. The van der Waals surface area contributed by atoms with E-state index in [1.54, 1.807) is 17.8 Å². The van der Waals surface area contributed by atoms with Crippen LogP contribution in [0.25, 0.3) is 10.9 Å². The van der Waals surface area contributed by atoms with E-state index < -0.39 is 0 Å². The minimum Gasteiger partial charge on any atom is -0.349 e. The van der Waals surface area contributed by atoms with Gasteiger partial charge in [0, 0.05) is 22.3 Å². The monoisotopic (exact) mass is 300 g/mol. The molecule has 2 aromatic carbocycles. The number of aromatic amines is 1. The number of rotatable bonds is 4.